The van der Waals surface area contributed by atoms with Crippen LogP contribution >= 0.6 is 0 Å². The van der Waals surface area contributed by atoms with E-state index < -0.39 is 6.67 Å². The normalized spacial score (nSPS) is 13.6. The second-order valence-electron chi connectivity index (χ2n) is 3.62. The van der Waals surface area contributed by atoms with Crippen molar-refractivity contribution < 1.29 is 18.7 Å². The average molecular weight is 224 g/mol. The first-order valence-electron chi connectivity index (χ1n) is 5.26. The van der Waals surface area contributed by atoms with Crippen LogP contribution in [0, 0.1) is 0 Å². The van der Waals surface area contributed by atoms with Crippen molar-refractivity contribution >= 4 is 6.29 Å². The Labute approximate surface area is 93.2 Å². The number of fused-ring (bicyclic) bond motifs is 1. The summed E-state index contributed by atoms with van der Waals surface area (Å²) in [6.45, 7) is 0.441. The van der Waals surface area contributed by atoms with Crippen LogP contribution in [-0.4, -0.2) is 19.5 Å². The average Bonchev–Trinajstić information content (AvgIpc) is 2.35. The highest BCUT2D eigenvalue weighted by atomic mass is 19.1. The fourth-order valence-electron chi connectivity index (χ4n) is 1.77. The van der Waals surface area contributed by atoms with Crippen molar-refractivity contribution in [2.45, 2.75) is 19.5 Å². The molecule has 0 saturated carbocycles. The number of hydrogen-bond acceptors (Lipinski definition) is 3. The van der Waals surface area contributed by atoms with E-state index >= 15 is 0 Å². The van der Waals surface area contributed by atoms with Gasteiger partial charge in [-0.25, -0.2) is 4.39 Å². The van der Waals surface area contributed by atoms with Crippen LogP contribution in [0.15, 0.2) is 12.1 Å². The topological polar surface area (TPSA) is 35.5 Å². The minimum absolute atomic E-state index is 0.408. The van der Waals surface area contributed by atoms with Gasteiger partial charge in [0, 0.05) is 6.42 Å². The Morgan fingerprint density at radius 2 is 2.12 bits per heavy atom. The molecule has 0 fully saturated rings. The zero-order valence-corrected chi connectivity index (χ0v) is 8.87. The molecule has 16 heavy (non-hydrogen) atoms. The standard InChI is InChI=1S/C12H13FO3/c13-8-9-6-10(2-1-3-14)12-11(7-9)15-4-5-16-12/h3,6-7H,1-2,4-5,8H2. The smallest absolute Gasteiger partial charge is 0.164 e. The molecule has 0 aromatic heterocycles. The van der Waals surface area contributed by atoms with Gasteiger partial charge < -0.3 is 14.3 Å². The number of halogens is 1. The third-order valence-corrected chi connectivity index (χ3v) is 2.46. The van der Waals surface area contributed by atoms with Gasteiger partial charge in [-0.3, -0.25) is 0 Å². The number of aryl methyl sites for hydroxylation is 1. The largest absolute Gasteiger partial charge is 0.486 e. The van der Waals surface area contributed by atoms with E-state index in [1.807, 2.05) is 0 Å². The van der Waals surface area contributed by atoms with Gasteiger partial charge in [-0.05, 0) is 29.7 Å². The maximum Gasteiger partial charge on any atom is 0.164 e. The Morgan fingerprint density at radius 3 is 2.88 bits per heavy atom. The minimum Gasteiger partial charge on any atom is -0.486 e. The number of carbonyl (C=O) groups is 1. The van der Waals surface area contributed by atoms with Gasteiger partial charge in [0.15, 0.2) is 11.5 Å². The zero-order valence-electron chi connectivity index (χ0n) is 8.87. The molecule has 0 spiro atoms. The van der Waals surface area contributed by atoms with E-state index in [2.05, 4.69) is 0 Å². The maximum absolute atomic E-state index is 12.6. The van der Waals surface area contributed by atoms with E-state index in [-0.39, 0.29) is 0 Å². The molecule has 0 bridgehead atoms. The first-order chi connectivity index (χ1) is 7.85. The maximum atomic E-state index is 12.6. The Bertz CT molecular complexity index is 390. The molecule has 0 aliphatic carbocycles. The van der Waals surface area contributed by atoms with Crippen LogP contribution in [0.25, 0.3) is 0 Å². The molecule has 0 amide bonds. The number of hydrogen-bond donors (Lipinski definition) is 0. The molecule has 0 N–H and O–H groups in total. The Morgan fingerprint density at radius 1 is 1.31 bits per heavy atom. The highest BCUT2D eigenvalue weighted by Gasteiger charge is 2.17. The summed E-state index contributed by atoms with van der Waals surface area (Å²) in [7, 11) is 0. The number of carbonyl (C=O) groups excluding carboxylic acids is 1. The predicted octanol–water partition coefficient (Wildman–Crippen LogP) is 2.06. The summed E-state index contributed by atoms with van der Waals surface area (Å²) in [5, 5.41) is 0. The second-order valence-corrected chi connectivity index (χ2v) is 3.62. The predicted molar refractivity (Wildman–Crippen MR) is 56.6 cm³/mol. The van der Waals surface area contributed by atoms with Crippen LogP contribution in [0.5, 0.6) is 11.5 Å². The van der Waals surface area contributed by atoms with Crippen molar-refractivity contribution in [1.29, 1.82) is 0 Å². The minimum atomic E-state index is -0.537. The number of benzene rings is 1. The van der Waals surface area contributed by atoms with Crippen LogP contribution in [0.2, 0.25) is 0 Å². The van der Waals surface area contributed by atoms with Crippen molar-refractivity contribution in [3.05, 3.63) is 23.3 Å². The van der Waals surface area contributed by atoms with Crippen LogP contribution in [0.3, 0.4) is 0 Å². The lowest BCUT2D eigenvalue weighted by Gasteiger charge is -2.21. The summed E-state index contributed by atoms with van der Waals surface area (Å²) in [6, 6.07) is 3.38. The highest BCUT2D eigenvalue weighted by Crippen LogP contribution is 2.36. The Kier molecular flexibility index (Phi) is 3.39. The summed E-state index contributed by atoms with van der Waals surface area (Å²) in [4.78, 5) is 10.4. The van der Waals surface area contributed by atoms with Crippen LogP contribution in [0.4, 0.5) is 4.39 Å². The number of ether oxygens (including phenoxy) is 2. The van der Waals surface area contributed by atoms with E-state index in [4.69, 9.17) is 9.47 Å². The Hall–Kier alpha value is -1.58. The lowest BCUT2D eigenvalue weighted by atomic mass is 10.0. The molecule has 1 heterocycles. The van der Waals surface area contributed by atoms with Gasteiger partial charge >= 0.3 is 0 Å². The third-order valence-electron chi connectivity index (χ3n) is 2.46. The number of alkyl halides is 1. The lowest BCUT2D eigenvalue weighted by molar-refractivity contribution is -0.107. The van der Waals surface area contributed by atoms with Gasteiger partial charge in [-0.15, -0.1) is 0 Å². The van der Waals surface area contributed by atoms with E-state index in [0.717, 1.165) is 11.8 Å². The quantitative estimate of drug-likeness (QED) is 0.734. The summed E-state index contributed by atoms with van der Waals surface area (Å²) in [5.74, 6) is 1.24. The third kappa shape index (κ3) is 2.15. The van der Waals surface area contributed by atoms with Crippen LogP contribution in [-0.2, 0) is 17.9 Å². The fourth-order valence-corrected chi connectivity index (χ4v) is 1.77. The van der Waals surface area contributed by atoms with Gasteiger partial charge in [0.25, 0.3) is 0 Å². The molecule has 0 atom stereocenters. The van der Waals surface area contributed by atoms with E-state index in [9.17, 15) is 9.18 Å². The monoisotopic (exact) mass is 224 g/mol. The molecule has 0 unspecified atom stereocenters. The van der Waals surface area contributed by atoms with Crippen molar-refractivity contribution in [2.75, 3.05) is 13.2 Å². The van der Waals surface area contributed by atoms with E-state index in [0.29, 0.717) is 43.1 Å². The summed E-state index contributed by atoms with van der Waals surface area (Å²) < 4.78 is 23.5. The van der Waals surface area contributed by atoms with Gasteiger partial charge in [0.1, 0.15) is 26.2 Å². The van der Waals surface area contributed by atoms with Gasteiger partial charge in [-0.2, -0.15) is 0 Å². The van der Waals surface area contributed by atoms with E-state index in [1.165, 1.54) is 0 Å². The summed E-state index contributed by atoms with van der Waals surface area (Å²) >= 11 is 0. The molecule has 0 radical (unpaired) electrons. The SMILES string of the molecule is O=CCCc1cc(CF)cc2c1OCCO2. The van der Waals surface area contributed by atoms with Gasteiger partial charge in [0.2, 0.25) is 0 Å². The van der Waals surface area contributed by atoms with Gasteiger partial charge in [-0.1, -0.05) is 0 Å². The molecule has 3 nitrogen and oxygen atoms in total. The molecule has 4 heteroatoms. The molecule has 1 aliphatic rings. The molecule has 86 valence electrons. The number of aldehydes is 1. The van der Waals surface area contributed by atoms with Crippen molar-refractivity contribution in [2.24, 2.45) is 0 Å². The van der Waals surface area contributed by atoms with Crippen molar-refractivity contribution in [3.8, 4) is 11.5 Å². The molecule has 2 rings (SSSR count). The van der Waals surface area contributed by atoms with Crippen LogP contribution < -0.4 is 9.47 Å². The molecular weight excluding hydrogens is 211 g/mol. The summed E-state index contributed by atoms with van der Waals surface area (Å²) in [6.07, 6.45) is 1.81. The second kappa shape index (κ2) is 4.96. The van der Waals surface area contributed by atoms with Gasteiger partial charge in [0.05, 0.1) is 0 Å². The first-order valence-corrected chi connectivity index (χ1v) is 5.26. The molecule has 0 saturated heterocycles. The fraction of sp³-hybridized carbons (Fsp3) is 0.417. The lowest BCUT2D eigenvalue weighted by Crippen LogP contribution is -2.17. The highest BCUT2D eigenvalue weighted by molar-refractivity contribution is 5.54. The summed E-state index contributed by atoms with van der Waals surface area (Å²) in [5.41, 5.74) is 1.40. The number of rotatable bonds is 4. The van der Waals surface area contributed by atoms with Crippen molar-refractivity contribution in [1.82, 2.24) is 0 Å². The van der Waals surface area contributed by atoms with E-state index in [1.54, 1.807) is 12.1 Å². The Balaban J connectivity index is 2.35. The van der Waals surface area contributed by atoms with Crippen LogP contribution in [0.1, 0.15) is 17.5 Å². The first kappa shape index (κ1) is 10.9. The molecule has 1 aromatic rings. The zero-order chi connectivity index (χ0) is 11.4. The molecule has 1 aromatic carbocycles. The molecule has 1 aliphatic heterocycles. The molecular formula is C12H13FO3. The van der Waals surface area contributed by atoms with Crippen molar-refractivity contribution in [3.63, 3.8) is 0 Å².